The fraction of sp³-hybridized carbons (Fsp3) is 0.682. The van der Waals surface area contributed by atoms with E-state index in [1.54, 1.807) is 0 Å². The van der Waals surface area contributed by atoms with Crippen LogP contribution < -0.4 is 5.32 Å². The summed E-state index contributed by atoms with van der Waals surface area (Å²) in [6.45, 7) is 0.610. The molecule has 1 N–H and O–H groups in total. The maximum atomic E-state index is 13.2. The second-order valence-electron chi connectivity index (χ2n) is 9.84. The number of carbonyl (C=O) groups excluding carboxylic acids is 1. The average molecular weight is 421 g/mol. The molecule has 4 bridgehead atoms. The molecule has 4 saturated carbocycles. The molecule has 0 aromatic heterocycles. The number of nitrogens with zero attached hydrogens (tertiary/aromatic N) is 1. The van der Waals surface area contributed by atoms with Gasteiger partial charge in [-0.2, -0.15) is 4.31 Å². The van der Waals surface area contributed by atoms with Gasteiger partial charge in [-0.25, -0.2) is 12.8 Å². The Hall–Kier alpha value is -1.47. The third-order valence-corrected chi connectivity index (χ3v) is 9.51. The number of hydrogen-bond acceptors (Lipinski definition) is 3. The summed E-state index contributed by atoms with van der Waals surface area (Å²) < 4.78 is 40.5. The monoisotopic (exact) mass is 420 g/mol. The summed E-state index contributed by atoms with van der Waals surface area (Å²) in [6.07, 6.45) is 8.62. The summed E-state index contributed by atoms with van der Waals surface area (Å²) in [7, 11) is -3.71. The lowest BCUT2D eigenvalue weighted by atomic mass is 9.53. The van der Waals surface area contributed by atoms with E-state index < -0.39 is 15.8 Å². The Labute approximate surface area is 172 Å². The molecule has 1 aliphatic heterocycles. The lowest BCUT2D eigenvalue weighted by Crippen LogP contribution is -2.61. The second kappa shape index (κ2) is 7.05. The molecule has 5 nitrogen and oxygen atoms in total. The number of rotatable bonds is 4. The smallest absolute Gasteiger partial charge is 0.243 e. The van der Waals surface area contributed by atoms with E-state index in [1.807, 2.05) is 0 Å². The van der Waals surface area contributed by atoms with Gasteiger partial charge in [-0.05, 0) is 93.4 Å². The number of halogens is 1. The van der Waals surface area contributed by atoms with Crippen LogP contribution in [0.1, 0.15) is 51.4 Å². The van der Waals surface area contributed by atoms with Crippen molar-refractivity contribution in [3.63, 3.8) is 0 Å². The minimum atomic E-state index is -3.71. The molecule has 1 aromatic carbocycles. The van der Waals surface area contributed by atoms with Crippen molar-refractivity contribution in [3.05, 3.63) is 30.1 Å². The van der Waals surface area contributed by atoms with Crippen LogP contribution in [0.15, 0.2) is 29.2 Å². The third-order valence-electron chi connectivity index (χ3n) is 7.63. The molecule has 158 valence electrons. The minimum absolute atomic E-state index is 0.0194. The van der Waals surface area contributed by atoms with Crippen LogP contribution in [-0.2, 0) is 14.8 Å². The highest BCUT2D eigenvalue weighted by atomic mass is 32.2. The lowest BCUT2D eigenvalue weighted by molar-refractivity contribution is -0.131. The van der Waals surface area contributed by atoms with Gasteiger partial charge in [-0.3, -0.25) is 4.79 Å². The first-order valence-corrected chi connectivity index (χ1v) is 12.3. The first kappa shape index (κ1) is 19.5. The van der Waals surface area contributed by atoms with Crippen LogP contribution in [0.3, 0.4) is 0 Å². The molecule has 5 aliphatic rings. The summed E-state index contributed by atoms with van der Waals surface area (Å²) in [5, 5.41) is 3.40. The molecule has 0 spiro atoms. The molecule has 1 aromatic rings. The second-order valence-corrected chi connectivity index (χ2v) is 11.8. The molecule has 6 rings (SSSR count). The first-order valence-electron chi connectivity index (χ1n) is 10.9. The van der Waals surface area contributed by atoms with Crippen LogP contribution in [-0.4, -0.2) is 37.3 Å². The number of amides is 1. The van der Waals surface area contributed by atoms with E-state index in [0.29, 0.717) is 19.4 Å². The van der Waals surface area contributed by atoms with Gasteiger partial charge in [0.2, 0.25) is 15.9 Å². The predicted molar refractivity (Wildman–Crippen MR) is 107 cm³/mol. The summed E-state index contributed by atoms with van der Waals surface area (Å²) in [5.41, 5.74) is -0.0516. The number of benzene rings is 1. The summed E-state index contributed by atoms with van der Waals surface area (Å²) in [4.78, 5) is 13.2. The maximum absolute atomic E-state index is 13.2. The van der Waals surface area contributed by atoms with Crippen LogP contribution in [0.5, 0.6) is 0 Å². The number of sulfonamides is 1. The summed E-state index contributed by atoms with van der Waals surface area (Å²) >= 11 is 0. The SMILES string of the molecule is O=C(NC12CC3CC(CC(C3)C1)C2)[C@H]1CCCN(S(=O)(=O)c2ccc(F)cc2)C1. The molecule has 29 heavy (non-hydrogen) atoms. The van der Waals surface area contributed by atoms with Crippen LogP contribution in [0, 0.1) is 29.5 Å². The molecular weight excluding hydrogens is 391 g/mol. The summed E-state index contributed by atoms with van der Waals surface area (Å²) in [5.74, 6) is 1.50. The molecule has 1 saturated heterocycles. The number of hydrogen-bond donors (Lipinski definition) is 1. The Balaban J connectivity index is 1.28. The molecule has 1 amide bonds. The fourth-order valence-electron chi connectivity index (χ4n) is 6.76. The highest BCUT2D eigenvalue weighted by molar-refractivity contribution is 7.89. The maximum Gasteiger partial charge on any atom is 0.243 e. The number of piperidine rings is 1. The van der Waals surface area contributed by atoms with Crippen LogP contribution >= 0.6 is 0 Å². The highest BCUT2D eigenvalue weighted by Gasteiger charge is 2.52. The third kappa shape index (κ3) is 3.61. The molecule has 1 heterocycles. The fourth-order valence-corrected chi connectivity index (χ4v) is 8.28. The van der Waals surface area contributed by atoms with Gasteiger partial charge in [-0.15, -0.1) is 0 Å². The van der Waals surface area contributed by atoms with E-state index in [9.17, 15) is 17.6 Å². The zero-order valence-electron chi connectivity index (χ0n) is 16.6. The number of carbonyl (C=O) groups is 1. The molecule has 7 heteroatoms. The van der Waals surface area contributed by atoms with E-state index in [1.165, 1.54) is 35.7 Å². The van der Waals surface area contributed by atoms with Gasteiger partial charge in [0.05, 0.1) is 10.8 Å². The van der Waals surface area contributed by atoms with Crippen molar-refractivity contribution in [1.29, 1.82) is 0 Å². The van der Waals surface area contributed by atoms with Crippen molar-refractivity contribution in [1.82, 2.24) is 9.62 Å². The Kier molecular flexibility index (Phi) is 4.74. The minimum Gasteiger partial charge on any atom is -0.350 e. The van der Waals surface area contributed by atoms with Gasteiger partial charge < -0.3 is 5.32 Å². The lowest BCUT2D eigenvalue weighted by Gasteiger charge is -2.57. The van der Waals surface area contributed by atoms with Gasteiger partial charge in [-0.1, -0.05) is 0 Å². The average Bonchev–Trinajstić information content (AvgIpc) is 2.67. The van der Waals surface area contributed by atoms with Gasteiger partial charge >= 0.3 is 0 Å². The van der Waals surface area contributed by atoms with Crippen LogP contribution in [0.4, 0.5) is 4.39 Å². The predicted octanol–water partition coefficient (Wildman–Crippen LogP) is 3.31. The Morgan fingerprint density at radius 2 is 1.62 bits per heavy atom. The molecule has 5 fully saturated rings. The van der Waals surface area contributed by atoms with Crippen LogP contribution in [0.2, 0.25) is 0 Å². The molecule has 0 radical (unpaired) electrons. The zero-order chi connectivity index (χ0) is 20.2. The normalized spacial score (nSPS) is 36.9. The van der Waals surface area contributed by atoms with Gasteiger partial charge in [0.15, 0.2) is 0 Å². The topological polar surface area (TPSA) is 66.5 Å². The quantitative estimate of drug-likeness (QED) is 0.813. The molecular formula is C22H29FN2O3S. The van der Waals surface area contributed by atoms with Gasteiger partial charge in [0, 0.05) is 18.6 Å². The van der Waals surface area contributed by atoms with E-state index in [4.69, 9.17) is 0 Å². The molecule has 1 atom stereocenters. The van der Waals surface area contributed by atoms with Crippen molar-refractivity contribution >= 4 is 15.9 Å². The van der Waals surface area contributed by atoms with E-state index in [2.05, 4.69) is 5.32 Å². The van der Waals surface area contributed by atoms with E-state index in [-0.39, 0.29) is 28.8 Å². The summed E-state index contributed by atoms with van der Waals surface area (Å²) in [6, 6.07) is 4.91. The largest absolute Gasteiger partial charge is 0.350 e. The Bertz CT molecular complexity index is 864. The van der Waals surface area contributed by atoms with E-state index >= 15 is 0 Å². The highest BCUT2D eigenvalue weighted by Crippen LogP contribution is 2.55. The van der Waals surface area contributed by atoms with Crippen molar-refractivity contribution in [2.75, 3.05) is 13.1 Å². The van der Waals surface area contributed by atoms with Crippen LogP contribution in [0.25, 0.3) is 0 Å². The first-order chi connectivity index (χ1) is 13.8. The molecule has 4 aliphatic carbocycles. The van der Waals surface area contributed by atoms with Gasteiger partial charge in [0.25, 0.3) is 0 Å². The standard InChI is InChI=1S/C22H29FN2O3S/c23-19-3-5-20(6-4-19)29(27,28)25-7-1-2-18(14-25)21(26)24-22-11-15-8-16(12-22)10-17(9-15)13-22/h3-6,15-18H,1-2,7-14H2,(H,24,26)/t15?,16?,17?,18-,22?/m0/s1. The van der Waals surface area contributed by atoms with Crippen molar-refractivity contribution in [2.24, 2.45) is 23.7 Å². The van der Waals surface area contributed by atoms with Crippen molar-refractivity contribution in [2.45, 2.75) is 61.8 Å². The van der Waals surface area contributed by atoms with E-state index in [0.717, 1.165) is 49.1 Å². The zero-order valence-corrected chi connectivity index (χ0v) is 17.5. The Morgan fingerprint density at radius 3 is 2.21 bits per heavy atom. The Morgan fingerprint density at radius 1 is 1.03 bits per heavy atom. The van der Waals surface area contributed by atoms with Gasteiger partial charge in [0.1, 0.15) is 5.82 Å². The van der Waals surface area contributed by atoms with Crippen molar-refractivity contribution < 1.29 is 17.6 Å². The number of nitrogens with one attached hydrogen (secondary N) is 1. The van der Waals surface area contributed by atoms with Crippen molar-refractivity contribution in [3.8, 4) is 0 Å². The molecule has 0 unspecified atom stereocenters.